The number of ether oxygens (including phenoxy) is 1. The molecule has 0 unspecified atom stereocenters. The van der Waals surface area contributed by atoms with E-state index in [1.54, 1.807) is 29.5 Å². The van der Waals surface area contributed by atoms with Crippen molar-refractivity contribution in [2.45, 2.75) is 20.8 Å². The first kappa shape index (κ1) is 15.0. The molecule has 1 heterocycles. The van der Waals surface area contributed by atoms with Crippen LogP contribution in [0.5, 0.6) is 5.75 Å². The van der Waals surface area contributed by atoms with Crippen molar-refractivity contribution in [3.63, 3.8) is 0 Å². The molecule has 0 amide bonds. The Morgan fingerprint density at radius 3 is 2.48 bits per heavy atom. The molecule has 0 aliphatic carbocycles. The molecular weight excluding hydrogens is 271 g/mol. The Labute approximate surface area is 122 Å². The Hall–Kier alpha value is -2.43. The Morgan fingerprint density at radius 2 is 1.95 bits per heavy atom. The lowest BCUT2D eigenvalue weighted by Crippen LogP contribution is -2.25. The van der Waals surface area contributed by atoms with Crippen molar-refractivity contribution < 1.29 is 13.9 Å². The van der Waals surface area contributed by atoms with Crippen molar-refractivity contribution in [1.82, 2.24) is 9.55 Å². The van der Waals surface area contributed by atoms with Gasteiger partial charge in [-0.05, 0) is 24.3 Å². The normalized spacial score (nSPS) is 12.3. The minimum absolute atomic E-state index is 0.152. The third-order valence-electron chi connectivity index (χ3n) is 2.74. The zero-order valence-corrected chi connectivity index (χ0v) is 12.2. The van der Waals surface area contributed by atoms with Crippen LogP contribution in [0.4, 0.5) is 4.39 Å². The molecule has 110 valence electrons. The van der Waals surface area contributed by atoms with Gasteiger partial charge in [0.05, 0.1) is 12.5 Å². The minimum Gasteiger partial charge on any atom is -0.452 e. The average molecular weight is 288 g/mol. The molecule has 0 atom stereocenters. The summed E-state index contributed by atoms with van der Waals surface area (Å²) in [6, 6.07) is 5.53. The lowest BCUT2D eigenvalue weighted by atomic mass is 9.90. The van der Waals surface area contributed by atoms with Gasteiger partial charge in [0.1, 0.15) is 11.6 Å². The average Bonchev–Trinajstić information content (AvgIpc) is 2.91. The maximum absolute atomic E-state index is 12.9. The van der Waals surface area contributed by atoms with Gasteiger partial charge in [0.2, 0.25) is 5.78 Å². The Balaban J connectivity index is 2.32. The second kappa shape index (κ2) is 5.91. The smallest absolute Gasteiger partial charge is 0.204 e. The molecule has 21 heavy (non-hydrogen) atoms. The number of ketones is 1. The zero-order chi connectivity index (χ0) is 15.5. The predicted molar refractivity (Wildman–Crippen MR) is 78.0 cm³/mol. The number of nitrogens with zero attached hydrogens (tertiary/aromatic N) is 2. The number of allylic oxidation sites excluding steroid dienone is 1. The quantitative estimate of drug-likeness (QED) is 0.638. The van der Waals surface area contributed by atoms with Crippen LogP contribution in [-0.4, -0.2) is 15.3 Å². The van der Waals surface area contributed by atoms with Gasteiger partial charge < -0.3 is 9.30 Å². The molecule has 0 fully saturated rings. The molecule has 0 saturated carbocycles. The fraction of sp³-hybridized carbons (Fsp3) is 0.250. The van der Waals surface area contributed by atoms with Gasteiger partial charge >= 0.3 is 0 Å². The van der Waals surface area contributed by atoms with E-state index in [2.05, 4.69) is 4.98 Å². The van der Waals surface area contributed by atoms with Gasteiger partial charge in [-0.3, -0.25) is 4.79 Å². The van der Waals surface area contributed by atoms with Gasteiger partial charge in [0, 0.05) is 17.8 Å². The van der Waals surface area contributed by atoms with Crippen LogP contribution < -0.4 is 4.74 Å². The molecule has 0 aliphatic rings. The second-order valence-electron chi connectivity index (χ2n) is 5.64. The monoisotopic (exact) mass is 288 g/mol. The van der Waals surface area contributed by atoms with Crippen LogP contribution >= 0.6 is 0 Å². The number of hydrogen-bond donors (Lipinski definition) is 0. The molecular formula is C16H17FN2O2. The Morgan fingerprint density at radius 1 is 1.29 bits per heavy atom. The Kier molecular flexibility index (Phi) is 4.21. The number of halogens is 1. The van der Waals surface area contributed by atoms with Crippen LogP contribution in [0, 0.1) is 11.2 Å². The molecule has 0 aliphatic heterocycles. The van der Waals surface area contributed by atoms with E-state index < -0.39 is 5.41 Å². The van der Waals surface area contributed by atoms with Crippen LogP contribution in [0.1, 0.15) is 20.8 Å². The number of benzene rings is 1. The largest absolute Gasteiger partial charge is 0.452 e. The molecule has 4 nitrogen and oxygen atoms in total. The number of imidazole rings is 1. The predicted octanol–water partition coefficient (Wildman–Crippen LogP) is 3.51. The van der Waals surface area contributed by atoms with Crippen molar-refractivity contribution in [3.8, 4) is 5.75 Å². The van der Waals surface area contributed by atoms with Gasteiger partial charge in [-0.1, -0.05) is 20.8 Å². The number of Topliss-reactive ketones (excluding diaryl/α,β-unsaturated/α-hetero) is 1. The Bertz CT molecular complexity index is 638. The van der Waals surface area contributed by atoms with Crippen molar-refractivity contribution in [2.24, 2.45) is 5.41 Å². The third kappa shape index (κ3) is 4.02. The molecule has 1 aromatic carbocycles. The summed E-state index contributed by atoms with van der Waals surface area (Å²) in [6.07, 6.45) is 6.42. The van der Waals surface area contributed by atoms with E-state index in [1.165, 1.54) is 24.3 Å². The van der Waals surface area contributed by atoms with Crippen molar-refractivity contribution in [1.29, 1.82) is 0 Å². The van der Waals surface area contributed by atoms with Crippen LogP contribution in [0.15, 0.2) is 48.7 Å². The zero-order valence-electron chi connectivity index (χ0n) is 12.2. The molecule has 5 heteroatoms. The first-order chi connectivity index (χ1) is 9.86. The van der Waals surface area contributed by atoms with Gasteiger partial charge in [0.15, 0.2) is 5.76 Å². The maximum Gasteiger partial charge on any atom is 0.204 e. The third-order valence-corrected chi connectivity index (χ3v) is 2.74. The fourth-order valence-corrected chi connectivity index (χ4v) is 1.61. The summed E-state index contributed by atoms with van der Waals surface area (Å²) in [6.45, 7) is 5.43. The number of rotatable bonds is 4. The standard InChI is InChI=1S/C16H17FN2O2/c1-16(2,3)15(20)14(10-19-9-8-18-11-19)21-13-6-4-12(17)5-7-13/h4-11H,1-3H3/b14-10-. The summed E-state index contributed by atoms with van der Waals surface area (Å²) in [5.41, 5.74) is -0.591. The highest BCUT2D eigenvalue weighted by molar-refractivity contribution is 6.00. The number of carbonyl (C=O) groups is 1. The van der Waals surface area contributed by atoms with E-state index in [4.69, 9.17) is 4.74 Å². The first-order valence-corrected chi connectivity index (χ1v) is 6.54. The molecule has 0 spiro atoms. The molecule has 1 aromatic heterocycles. The highest BCUT2D eigenvalue weighted by Gasteiger charge is 2.27. The molecule has 0 radical (unpaired) electrons. The molecule has 2 aromatic rings. The van der Waals surface area contributed by atoms with Gasteiger partial charge in [0.25, 0.3) is 0 Å². The topological polar surface area (TPSA) is 44.1 Å². The van der Waals surface area contributed by atoms with E-state index in [9.17, 15) is 9.18 Å². The maximum atomic E-state index is 12.9. The number of hydrogen-bond acceptors (Lipinski definition) is 3. The van der Waals surface area contributed by atoms with Crippen molar-refractivity contribution in [3.05, 3.63) is 54.6 Å². The summed E-state index contributed by atoms with van der Waals surface area (Å²) in [4.78, 5) is 16.4. The lowest BCUT2D eigenvalue weighted by Gasteiger charge is -2.19. The van der Waals surface area contributed by atoms with E-state index >= 15 is 0 Å². The molecule has 0 bridgehead atoms. The van der Waals surface area contributed by atoms with Crippen LogP contribution in [-0.2, 0) is 4.79 Å². The summed E-state index contributed by atoms with van der Waals surface area (Å²) in [5, 5.41) is 0. The summed E-state index contributed by atoms with van der Waals surface area (Å²) in [7, 11) is 0. The number of carbonyl (C=O) groups excluding carboxylic acids is 1. The SMILES string of the molecule is CC(C)(C)C(=O)/C(=C/n1ccnc1)Oc1ccc(F)cc1. The van der Waals surface area contributed by atoms with Crippen LogP contribution in [0.25, 0.3) is 6.20 Å². The first-order valence-electron chi connectivity index (χ1n) is 6.54. The highest BCUT2D eigenvalue weighted by atomic mass is 19.1. The molecule has 0 saturated heterocycles. The summed E-state index contributed by atoms with van der Waals surface area (Å²) >= 11 is 0. The second-order valence-corrected chi connectivity index (χ2v) is 5.64. The van der Waals surface area contributed by atoms with E-state index in [0.29, 0.717) is 5.75 Å². The minimum atomic E-state index is -0.591. The summed E-state index contributed by atoms with van der Waals surface area (Å²) < 4.78 is 20.2. The fourth-order valence-electron chi connectivity index (χ4n) is 1.61. The molecule has 0 N–H and O–H groups in total. The highest BCUT2D eigenvalue weighted by Crippen LogP contribution is 2.23. The van der Waals surface area contributed by atoms with Crippen molar-refractivity contribution in [2.75, 3.05) is 0 Å². The summed E-state index contributed by atoms with van der Waals surface area (Å²) in [5.74, 6) is 0.0673. The van der Waals surface area contributed by atoms with E-state index in [0.717, 1.165) is 0 Å². The van der Waals surface area contributed by atoms with Gasteiger partial charge in [-0.25, -0.2) is 9.37 Å². The van der Waals surface area contributed by atoms with E-state index in [1.807, 2.05) is 20.8 Å². The van der Waals surface area contributed by atoms with Crippen LogP contribution in [0.2, 0.25) is 0 Å². The number of aromatic nitrogens is 2. The van der Waals surface area contributed by atoms with E-state index in [-0.39, 0.29) is 17.4 Å². The molecule has 2 rings (SSSR count). The van der Waals surface area contributed by atoms with Crippen LogP contribution in [0.3, 0.4) is 0 Å². The van der Waals surface area contributed by atoms with Crippen molar-refractivity contribution >= 4 is 12.0 Å². The van der Waals surface area contributed by atoms with Gasteiger partial charge in [-0.2, -0.15) is 0 Å². The van der Waals surface area contributed by atoms with Gasteiger partial charge in [-0.15, -0.1) is 0 Å². The lowest BCUT2D eigenvalue weighted by molar-refractivity contribution is -0.124.